The van der Waals surface area contributed by atoms with Crippen LogP contribution >= 0.6 is 0 Å². The molecule has 2 aromatic carbocycles. The zero-order chi connectivity index (χ0) is 19.5. The fourth-order valence-electron chi connectivity index (χ4n) is 2.55. The number of hydrogen-bond acceptors (Lipinski definition) is 5. The Morgan fingerprint density at radius 2 is 1.56 bits per heavy atom. The number of hydrogen-bond donors (Lipinski definition) is 0. The molecule has 2 rings (SSSR count). The van der Waals surface area contributed by atoms with Gasteiger partial charge in [0, 0.05) is 0 Å². The van der Waals surface area contributed by atoms with E-state index in [1.54, 1.807) is 42.5 Å². The van der Waals surface area contributed by atoms with Gasteiger partial charge >= 0.3 is 11.9 Å². The molecule has 0 saturated carbocycles. The molecule has 5 heteroatoms. The van der Waals surface area contributed by atoms with E-state index >= 15 is 0 Å². The van der Waals surface area contributed by atoms with Crippen LogP contribution in [0.3, 0.4) is 0 Å². The van der Waals surface area contributed by atoms with Crippen molar-refractivity contribution in [2.24, 2.45) is 0 Å². The van der Waals surface area contributed by atoms with E-state index in [0.717, 1.165) is 12.2 Å². The van der Waals surface area contributed by atoms with Gasteiger partial charge in [-0.2, -0.15) is 0 Å². The van der Waals surface area contributed by atoms with Crippen molar-refractivity contribution in [1.82, 2.24) is 0 Å². The topological polar surface area (TPSA) is 61.8 Å². The quantitative estimate of drug-likeness (QED) is 0.333. The number of esters is 2. The van der Waals surface area contributed by atoms with Crippen LogP contribution in [-0.4, -0.2) is 25.7 Å². The lowest BCUT2D eigenvalue weighted by atomic mass is 10.2. The summed E-state index contributed by atoms with van der Waals surface area (Å²) in [5.41, 5.74) is 0.735. The molecule has 27 heavy (non-hydrogen) atoms. The predicted octanol–water partition coefficient (Wildman–Crippen LogP) is 5.04. The van der Waals surface area contributed by atoms with Gasteiger partial charge in [0.1, 0.15) is 11.5 Å². The molecular formula is C22H26O5. The average molecular weight is 370 g/mol. The van der Waals surface area contributed by atoms with Crippen molar-refractivity contribution in [2.75, 3.05) is 13.7 Å². The number of methoxy groups -OCH3 is 1. The molecule has 0 fully saturated rings. The van der Waals surface area contributed by atoms with Gasteiger partial charge in [-0.1, -0.05) is 38.7 Å². The van der Waals surface area contributed by atoms with Crippen LogP contribution in [0.15, 0.2) is 48.5 Å². The Hall–Kier alpha value is -2.82. The molecule has 0 aliphatic heterocycles. The largest absolute Gasteiger partial charge is 0.494 e. The summed E-state index contributed by atoms with van der Waals surface area (Å²) in [6.07, 6.45) is 5.93. The van der Waals surface area contributed by atoms with Crippen molar-refractivity contribution in [3.05, 3.63) is 59.7 Å². The second kappa shape index (κ2) is 11.0. The van der Waals surface area contributed by atoms with Crippen molar-refractivity contribution in [3.63, 3.8) is 0 Å². The zero-order valence-corrected chi connectivity index (χ0v) is 15.9. The lowest BCUT2D eigenvalue weighted by molar-refractivity contribution is 0.0597. The van der Waals surface area contributed by atoms with E-state index in [0.29, 0.717) is 17.7 Å². The maximum Gasteiger partial charge on any atom is 0.343 e. The van der Waals surface area contributed by atoms with E-state index in [-0.39, 0.29) is 5.75 Å². The van der Waals surface area contributed by atoms with E-state index in [1.165, 1.54) is 38.9 Å². The van der Waals surface area contributed by atoms with Crippen LogP contribution in [-0.2, 0) is 4.74 Å². The SMILES string of the molecule is CCCCCCCOc1ccc(C(=O)Oc2cccc(C(=O)OC)c2)cc1. The summed E-state index contributed by atoms with van der Waals surface area (Å²) in [7, 11) is 1.30. The fourth-order valence-corrected chi connectivity index (χ4v) is 2.55. The third kappa shape index (κ3) is 6.77. The highest BCUT2D eigenvalue weighted by molar-refractivity contribution is 5.92. The molecule has 0 amide bonds. The van der Waals surface area contributed by atoms with Crippen LogP contribution in [0.2, 0.25) is 0 Å². The minimum Gasteiger partial charge on any atom is -0.494 e. The molecule has 144 valence electrons. The van der Waals surface area contributed by atoms with Gasteiger partial charge in [-0.15, -0.1) is 0 Å². The third-order valence-electron chi connectivity index (χ3n) is 4.07. The third-order valence-corrected chi connectivity index (χ3v) is 4.07. The highest BCUT2D eigenvalue weighted by Gasteiger charge is 2.11. The molecular weight excluding hydrogens is 344 g/mol. The summed E-state index contributed by atoms with van der Waals surface area (Å²) < 4.78 is 15.7. The molecule has 5 nitrogen and oxygen atoms in total. The van der Waals surface area contributed by atoms with Crippen molar-refractivity contribution in [3.8, 4) is 11.5 Å². The first-order chi connectivity index (χ1) is 13.1. The normalized spacial score (nSPS) is 10.3. The molecule has 0 aliphatic rings. The van der Waals surface area contributed by atoms with Gasteiger partial charge < -0.3 is 14.2 Å². The van der Waals surface area contributed by atoms with E-state index < -0.39 is 11.9 Å². The Bertz CT molecular complexity index is 737. The zero-order valence-electron chi connectivity index (χ0n) is 15.9. The summed E-state index contributed by atoms with van der Waals surface area (Å²) in [6, 6.07) is 13.2. The number of carbonyl (C=O) groups excluding carboxylic acids is 2. The fraction of sp³-hybridized carbons (Fsp3) is 0.364. The van der Waals surface area contributed by atoms with Crippen LogP contribution in [0.4, 0.5) is 0 Å². The summed E-state index contributed by atoms with van der Waals surface area (Å²) in [6.45, 7) is 2.87. The number of ether oxygens (including phenoxy) is 3. The molecule has 0 heterocycles. The van der Waals surface area contributed by atoms with Crippen molar-refractivity contribution < 1.29 is 23.8 Å². The summed E-state index contributed by atoms with van der Waals surface area (Å²) in [4.78, 5) is 23.8. The molecule has 0 N–H and O–H groups in total. The Morgan fingerprint density at radius 1 is 0.815 bits per heavy atom. The maximum atomic E-state index is 12.3. The first kappa shape index (κ1) is 20.5. The lowest BCUT2D eigenvalue weighted by Gasteiger charge is -2.08. The minimum atomic E-state index is -0.497. The van der Waals surface area contributed by atoms with Crippen molar-refractivity contribution in [2.45, 2.75) is 39.0 Å². The molecule has 0 atom stereocenters. The van der Waals surface area contributed by atoms with Gasteiger partial charge in [-0.05, 0) is 48.9 Å². The first-order valence-corrected chi connectivity index (χ1v) is 9.27. The molecule has 0 radical (unpaired) electrons. The van der Waals surface area contributed by atoms with E-state index in [9.17, 15) is 9.59 Å². The lowest BCUT2D eigenvalue weighted by Crippen LogP contribution is -2.09. The smallest absolute Gasteiger partial charge is 0.343 e. The Morgan fingerprint density at radius 3 is 2.26 bits per heavy atom. The second-order valence-corrected chi connectivity index (χ2v) is 6.20. The van der Waals surface area contributed by atoms with E-state index in [2.05, 4.69) is 11.7 Å². The van der Waals surface area contributed by atoms with Gasteiger partial charge in [-0.3, -0.25) is 0 Å². The number of carbonyl (C=O) groups is 2. The summed E-state index contributed by atoms with van der Waals surface area (Å²) in [5.74, 6) is 0.0391. The Labute approximate surface area is 160 Å². The monoisotopic (exact) mass is 370 g/mol. The number of rotatable bonds is 10. The van der Waals surface area contributed by atoms with Gasteiger partial charge in [0.05, 0.1) is 24.8 Å². The molecule has 0 aliphatic carbocycles. The van der Waals surface area contributed by atoms with Crippen molar-refractivity contribution in [1.29, 1.82) is 0 Å². The van der Waals surface area contributed by atoms with Gasteiger partial charge in [-0.25, -0.2) is 9.59 Å². The second-order valence-electron chi connectivity index (χ2n) is 6.20. The van der Waals surface area contributed by atoms with Gasteiger partial charge in [0.25, 0.3) is 0 Å². The number of unbranched alkanes of at least 4 members (excludes halogenated alkanes) is 4. The predicted molar refractivity (Wildman–Crippen MR) is 103 cm³/mol. The molecule has 0 bridgehead atoms. The summed E-state index contributed by atoms with van der Waals surface area (Å²) >= 11 is 0. The van der Waals surface area contributed by atoms with E-state index in [4.69, 9.17) is 9.47 Å². The standard InChI is InChI=1S/C22H26O5/c1-3-4-5-6-7-15-26-19-13-11-17(12-14-19)22(24)27-20-10-8-9-18(16-20)21(23)25-2/h8-14,16H,3-7,15H2,1-2H3. The van der Waals surface area contributed by atoms with Crippen LogP contribution in [0.25, 0.3) is 0 Å². The minimum absolute atomic E-state index is 0.287. The average Bonchev–Trinajstić information content (AvgIpc) is 2.70. The maximum absolute atomic E-state index is 12.3. The van der Waals surface area contributed by atoms with Gasteiger partial charge in [0.15, 0.2) is 0 Å². The molecule has 0 saturated heterocycles. The highest BCUT2D eigenvalue weighted by Crippen LogP contribution is 2.18. The molecule has 0 unspecified atom stereocenters. The molecule has 0 aromatic heterocycles. The molecule has 2 aromatic rings. The van der Waals surface area contributed by atoms with Crippen LogP contribution in [0, 0.1) is 0 Å². The first-order valence-electron chi connectivity index (χ1n) is 9.27. The van der Waals surface area contributed by atoms with Crippen LogP contribution in [0.1, 0.15) is 59.7 Å². The summed E-state index contributed by atoms with van der Waals surface area (Å²) in [5, 5.41) is 0. The highest BCUT2D eigenvalue weighted by atomic mass is 16.5. The van der Waals surface area contributed by atoms with Crippen LogP contribution in [0.5, 0.6) is 11.5 Å². The van der Waals surface area contributed by atoms with E-state index in [1.807, 2.05) is 0 Å². The van der Waals surface area contributed by atoms with Crippen molar-refractivity contribution >= 4 is 11.9 Å². The van der Waals surface area contributed by atoms with Crippen LogP contribution < -0.4 is 9.47 Å². The van der Waals surface area contributed by atoms with Gasteiger partial charge in [0.2, 0.25) is 0 Å². The molecule has 0 spiro atoms. The Balaban J connectivity index is 1.85. The Kier molecular flexibility index (Phi) is 8.36. The number of benzene rings is 2.